The topological polar surface area (TPSA) is 12.5 Å². The molecule has 0 N–H and O–H groups in total. The zero-order valence-electron chi connectivity index (χ0n) is 9.05. The summed E-state index contributed by atoms with van der Waals surface area (Å²) in [5, 5.41) is 0. The number of hydrogen-bond acceptors (Lipinski definition) is 1. The normalized spacial score (nSPS) is 34.8. The van der Waals surface area contributed by atoms with Gasteiger partial charge < -0.3 is 4.74 Å². The summed E-state index contributed by atoms with van der Waals surface area (Å²) in [6.45, 7) is 11.3. The first-order chi connectivity index (χ1) is 5.49. The number of hydrogen-bond donors (Lipinski definition) is 0. The molecule has 72 valence electrons. The van der Waals surface area contributed by atoms with Crippen molar-refractivity contribution >= 4 is 0 Å². The summed E-state index contributed by atoms with van der Waals surface area (Å²) in [5.74, 6) is 1.48. The third-order valence-electron chi connectivity index (χ3n) is 3.12. The molecule has 0 aromatic heterocycles. The maximum atomic E-state index is 5.72. The van der Waals surface area contributed by atoms with Crippen LogP contribution in [0.1, 0.15) is 47.5 Å². The summed E-state index contributed by atoms with van der Waals surface area (Å²) in [6.07, 6.45) is 3.03. The standard InChI is InChI=1S/C11H22O/c1-8(2)6-7-11(9(3)4)10(5)12-11/h8-10H,6-7H2,1-5H3. The summed E-state index contributed by atoms with van der Waals surface area (Å²) < 4.78 is 5.72. The summed E-state index contributed by atoms with van der Waals surface area (Å²) >= 11 is 0. The Labute approximate surface area is 76.5 Å². The number of rotatable bonds is 4. The van der Waals surface area contributed by atoms with E-state index in [9.17, 15) is 0 Å². The molecule has 0 aliphatic carbocycles. The molecule has 1 aliphatic heterocycles. The van der Waals surface area contributed by atoms with Gasteiger partial charge in [0.1, 0.15) is 0 Å². The molecule has 1 saturated heterocycles. The van der Waals surface area contributed by atoms with E-state index >= 15 is 0 Å². The number of epoxide rings is 1. The first-order valence-corrected chi connectivity index (χ1v) is 5.17. The van der Waals surface area contributed by atoms with Gasteiger partial charge in [-0.2, -0.15) is 0 Å². The summed E-state index contributed by atoms with van der Waals surface area (Å²) in [7, 11) is 0. The predicted molar refractivity (Wildman–Crippen MR) is 52.2 cm³/mol. The van der Waals surface area contributed by atoms with Crippen molar-refractivity contribution in [1.29, 1.82) is 0 Å². The van der Waals surface area contributed by atoms with Crippen LogP contribution in [0.5, 0.6) is 0 Å². The van der Waals surface area contributed by atoms with Crippen LogP contribution in [0, 0.1) is 11.8 Å². The molecule has 12 heavy (non-hydrogen) atoms. The van der Waals surface area contributed by atoms with Crippen LogP contribution in [-0.4, -0.2) is 11.7 Å². The van der Waals surface area contributed by atoms with Gasteiger partial charge in [-0.25, -0.2) is 0 Å². The highest BCUT2D eigenvalue weighted by Gasteiger charge is 2.54. The molecule has 0 aromatic rings. The zero-order valence-corrected chi connectivity index (χ0v) is 9.05. The van der Waals surface area contributed by atoms with Crippen molar-refractivity contribution in [2.24, 2.45) is 11.8 Å². The van der Waals surface area contributed by atoms with Gasteiger partial charge in [0.25, 0.3) is 0 Å². The van der Waals surface area contributed by atoms with Gasteiger partial charge in [0.15, 0.2) is 0 Å². The molecule has 1 nitrogen and oxygen atoms in total. The van der Waals surface area contributed by atoms with Crippen molar-refractivity contribution < 1.29 is 4.74 Å². The van der Waals surface area contributed by atoms with Gasteiger partial charge in [0.2, 0.25) is 0 Å². The average Bonchev–Trinajstić information content (AvgIpc) is 2.59. The Morgan fingerprint density at radius 3 is 2.00 bits per heavy atom. The van der Waals surface area contributed by atoms with Crippen molar-refractivity contribution in [1.82, 2.24) is 0 Å². The van der Waals surface area contributed by atoms with E-state index < -0.39 is 0 Å². The van der Waals surface area contributed by atoms with E-state index in [1.165, 1.54) is 12.8 Å². The van der Waals surface area contributed by atoms with Crippen LogP contribution in [0.2, 0.25) is 0 Å². The van der Waals surface area contributed by atoms with Crippen LogP contribution < -0.4 is 0 Å². The first kappa shape index (κ1) is 10.0. The van der Waals surface area contributed by atoms with Gasteiger partial charge in [0.05, 0.1) is 11.7 Å². The number of ether oxygens (including phenoxy) is 1. The van der Waals surface area contributed by atoms with Crippen LogP contribution in [0.4, 0.5) is 0 Å². The van der Waals surface area contributed by atoms with E-state index in [0.29, 0.717) is 12.0 Å². The molecule has 1 heterocycles. The molecule has 0 radical (unpaired) electrons. The quantitative estimate of drug-likeness (QED) is 0.590. The molecule has 2 unspecified atom stereocenters. The molecule has 1 fully saturated rings. The minimum Gasteiger partial charge on any atom is -0.366 e. The molecular formula is C11H22O. The van der Waals surface area contributed by atoms with E-state index in [4.69, 9.17) is 4.74 Å². The lowest BCUT2D eigenvalue weighted by Gasteiger charge is -2.17. The highest BCUT2D eigenvalue weighted by Crippen LogP contribution is 2.46. The third-order valence-corrected chi connectivity index (χ3v) is 3.12. The van der Waals surface area contributed by atoms with Gasteiger partial charge in [-0.3, -0.25) is 0 Å². The smallest absolute Gasteiger partial charge is 0.0968 e. The summed E-state index contributed by atoms with van der Waals surface area (Å²) in [4.78, 5) is 0. The highest BCUT2D eigenvalue weighted by atomic mass is 16.6. The highest BCUT2D eigenvalue weighted by molar-refractivity contribution is 5.02. The summed E-state index contributed by atoms with van der Waals surface area (Å²) in [5.41, 5.74) is 0.240. The van der Waals surface area contributed by atoms with Crippen LogP contribution in [-0.2, 0) is 4.74 Å². The van der Waals surface area contributed by atoms with Crippen molar-refractivity contribution in [3.05, 3.63) is 0 Å². The van der Waals surface area contributed by atoms with Gasteiger partial charge in [-0.15, -0.1) is 0 Å². The average molecular weight is 170 g/mol. The van der Waals surface area contributed by atoms with E-state index in [0.717, 1.165) is 5.92 Å². The second-order valence-corrected chi connectivity index (χ2v) is 4.80. The summed E-state index contributed by atoms with van der Waals surface area (Å²) in [6, 6.07) is 0. The fraction of sp³-hybridized carbons (Fsp3) is 1.00. The van der Waals surface area contributed by atoms with Crippen LogP contribution in [0.15, 0.2) is 0 Å². The van der Waals surface area contributed by atoms with E-state index in [-0.39, 0.29) is 5.60 Å². The van der Waals surface area contributed by atoms with Gasteiger partial charge >= 0.3 is 0 Å². The molecule has 1 heteroatoms. The Kier molecular flexibility index (Phi) is 2.82. The molecule has 0 bridgehead atoms. The Hall–Kier alpha value is -0.0400. The largest absolute Gasteiger partial charge is 0.366 e. The van der Waals surface area contributed by atoms with Crippen LogP contribution in [0.3, 0.4) is 0 Å². The minimum atomic E-state index is 0.240. The lowest BCUT2D eigenvalue weighted by atomic mass is 9.86. The molecule has 0 spiro atoms. The lowest BCUT2D eigenvalue weighted by Crippen LogP contribution is -2.22. The van der Waals surface area contributed by atoms with E-state index in [1.54, 1.807) is 0 Å². The van der Waals surface area contributed by atoms with Crippen LogP contribution >= 0.6 is 0 Å². The van der Waals surface area contributed by atoms with Crippen molar-refractivity contribution in [3.8, 4) is 0 Å². The maximum Gasteiger partial charge on any atom is 0.0968 e. The minimum absolute atomic E-state index is 0.240. The molecule has 0 aromatic carbocycles. The lowest BCUT2D eigenvalue weighted by molar-refractivity contribution is 0.213. The predicted octanol–water partition coefficient (Wildman–Crippen LogP) is 3.24. The molecule has 1 rings (SSSR count). The maximum absolute atomic E-state index is 5.72. The van der Waals surface area contributed by atoms with E-state index in [1.807, 2.05) is 0 Å². The van der Waals surface area contributed by atoms with Crippen molar-refractivity contribution in [3.63, 3.8) is 0 Å². The Balaban J connectivity index is 2.38. The molecule has 1 aliphatic rings. The SMILES string of the molecule is CC(C)CCC1(C(C)C)OC1C. The zero-order chi connectivity index (χ0) is 9.35. The second kappa shape index (κ2) is 3.37. The van der Waals surface area contributed by atoms with Gasteiger partial charge in [0, 0.05) is 0 Å². The van der Waals surface area contributed by atoms with Gasteiger partial charge in [-0.1, -0.05) is 27.7 Å². The molecular weight excluding hydrogens is 148 g/mol. The fourth-order valence-electron chi connectivity index (χ4n) is 1.97. The first-order valence-electron chi connectivity index (χ1n) is 5.17. The second-order valence-electron chi connectivity index (χ2n) is 4.80. The third kappa shape index (κ3) is 1.82. The Morgan fingerprint density at radius 1 is 1.25 bits per heavy atom. The molecule has 2 atom stereocenters. The Bertz CT molecular complexity index is 151. The monoisotopic (exact) mass is 170 g/mol. The molecule has 0 saturated carbocycles. The van der Waals surface area contributed by atoms with Gasteiger partial charge in [-0.05, 0) is 31.6 Å². The Morgan fingerprint density at radius 2 is 1.75 bits per heavy atom. The van der Waals surface area contributed by atoms with E-state index in [2.05, 4.69) is 34.6 Å². The fourth-order valence-corrected chi connectivity index (χ4v) is 1.97. The molecule has 0 amide bonds. The van der Waals surface area contributed by atoms with Crippen LogP contribution in [0.25, 0.3) is 0 Å². The van der Waals surface area contributed by atoms with Crippen molar-refractivity contribution in [2.45, 2.75) is 59.2 Å². The van der Waals surface area contributed by atoms with Crippen molar-refractivity contribution in [2.75, 3.05) is 0 Å².